The van der Waals surface area contributed by atoms with E-state index in [1.807, 2.05) is 6.92 Å². The summed E-state index contributed by atoms with van der Waals surface area (Å²) in [7, 11) is 1.51. The summed E-state index contributed by atoms with van der Waals surface area (Å²) in [6, 6.07) is 3.38. The average molecular weight is 311 g/mol. The van der Waals surface area contributed by atoms with Crippen LogP contribution in [0.1, 0.15) is 24.8 Å². The molecular weight excluding hydrogens is 292 g/mol. The smallest absolute Gasteiger partial charge is 0.233 e. The van der Waals surface area contributed by atoms with E-state index in [9.17, 15) is 9.59 Å². The minimum Gasteiger partial charge on any atom is -0.495 e. The number of halogens is 1. The van der Waals surface area contributed by atoms with Gasteiger partial charge in [0.15, 0.2) is 0 Å². The maximum atomic E-state index is 12.0. The highest BCUT2D eigenvalue weighted by molar-refractivity contribution is 6.31. The molecule has 0 unspecified atom stereocenters. The minimum atomic E-state index is -0.341. The summed E-state index contributed by atoms with van der Waals surface area (Å²) in [5.41, 5.74) is 1.36. The van der Waals surface area contributed by atoms with Crippen molar-refractivity contribution in [1.29, 1.82) is 0 Å². The van der Waals surface area contributed by atoms with Crippen molar-refractivity contribution >= 4 is 29.1 Å². The number of hydrogen-bond acceptors (Lipinski definition) is 3. The Morgan fingerprint density at radius 3 is 2.62 bits per heavy atom. The molecule has 1 aliphatic rings. The highest BCUT2D eigenvalue weighted by Crippen LogP contribution is 2.31. The molecule has 1 aromatic rings. The molecule has 0 saturated carbocycles. The number of anilines is 1. The standard InChI is InChI=1S/C15H19ClN2O3/c1-10-7-12(13(21-2)8-11(10)16)17-14(19)9-15(20)18-5-3-4-6-18/h7-8H,3-6,9H2,1-2H3,(H,17,19). The number of nitrogens with one attached hydrogen (secondary N) is 1. The summed E-state index contributed by atoms with van der Waals surface area (Å²) in [5, 5.41) is 3.28. The number of ether oxygens (including phenoxy) is 1. The van der Waals surface area contributed by atoms with Gasteiger partial charge in [0.25, 0.3) is 0 Å². The second-order valence-corrected chi connectivity index (χ2v) is 5.52. The number of carbonyl (C=O) groups is 2. The Morgan fingerprint density at radius 2 is 2.00 bits per heavy atom. The number of nitrogens with zero attached hydrogens (tertiary/aromatic N) is 1. The monoisotopic (exact) mass is 310 g/mol. The molecule has 1 heterocycles. The Labute approximate surface area is 129 Å². The molecule has 0 aliphatic carbocycles. The number of amides is 2. The van der Waals surface area contributed by atoms with E-state index < -0.39 is 0 Å². The lowest BCUT2D eigenvalue weighted by molar-refractivity contribution is -0.133. The van der Waals surface area contributed by atoms with Crippen molar-refractivity contribution in [2.24, 2.45) is 0 Å². The number of hydrogen-bond donors (Lipinski definition) is 1. The van der Waals surface area contributed by atoms with Crippen molar-refractivity contribution in [3.63, 3.8) is 0 Å². The van der Waals surface area contributed by atoms with Gasteiger partial charge in [0.1, 0.15) is 12.2 Å². The zero-order valence-corrected chi connectivity index (χ0v) is 13.0. The second kappa shape index (κ2) is 6.80. The fourth-order valence-corrected chi connectivity index (χ4v) is 2.49. The molecule has 1 aliphatic heterocycles. The predicted molar refractivity (Wildman–Crippen MR) is 81.8 cm³/mol. The van der Waals surface area contributed by atoms with Gasteiger partial charge in [0.05, 0.1) is 12.8 Å². The molecule has 0 atom stereocenters. The SMILES string of the molecule is COc1cc(Cl)c(C)cc1NC(=O)CC(=O)N1CCCC1. The maximum absolute atomic E-state index is 12.0. The van der Waals surface area contributed by atoms with Crippen molar-refractivity contribution in [1.82, 2.24) is 4.90 Å². The summed E-state index contributed by atoms with van der Waals surface area (Å²) in [5.74, 6) is 0.00847. The van der Waals surface area contributed by atoms with Crippen molar-refractivity contribution in [3.05, 3.63) is 22.7 Å². The van der Waals surface area contributed by atoms with Gasteiger partial charge in [-0.2, -0.15) is 0 Å². The third-order valence-electron chi connectivity index (χ3n) is 3.53. The van der Waals surface area contributed by atoms with Crippen LogP contribution < -0.4 is 10.1 Å². The first-order chi connectivity index (χ1) is 10.0. The fourth-order valence-electron chi connectivity index (χ4n) is 2.34. The number of methoxy groups -OCH3 is 1. The van der Waals surface area contributed by atoms with Crippen LogP contribution in [0.25, 0.3) is 0 Å². The van der Waals surface area contributed by atoms with Gasteiger partial charge in [-0.25, -0.2) is 0 Å². The molecule has 2 rings (SSSR count). The molecule has 2 amide bonds. The van der Waals surface area contributed by atoms with Crippen LogP contribution in [0.4, 0.5) is 5.69 Å². The van der Waals surface area contributed by atoms with Gasteiger partial charge in [-0.3, -0.25) is 9.59 Å². The summed E-state index contributed by atoms with van der Waals surface area (Å²) in [6.45, 7) is 3.33. The molecule has 1 aromatic carbocycles. The molecule has 1 N–H and O–H groups in total. The quantitative estimate of drug-likeness (QED) is 0.870. The molecule has 1 saturated heterocycles. The van der Waals surface area contributed by atoms with E-state index >= 15 is 0 Å². The van der Waals surface area contributed by atoms with Crippen LogP contribution in [0.3, 0.4) is 0 Å². The molecule has 1 fully saturated rings. The van der Waals surface area contributed by atoms with Crippen molar-refractivity contribution < 1.29 is 14.3 Å². The zero-order chi connectivity index (χ0) is 15.4. The molecule has 21 heavy (non-hydrogen) atoms. The zero-order valence-electron chi connectivity index (χ0n) is 12.2. The third kappa shape index (κ3) is 3.88. The number of likely N-dealkylation sites (tertiary alicyclic amines) is 1. The van der Waals surface area contributed by atoms with E-state index in [0.29, 0.717) is 16.5 Å². The van der Waals surface area contributed by atoms with Crippen LogP contribution >= 0.6 is 11.6 Å². The first-order valence-electron chi connectivity index (χ1n) is 6.93. The summed E-state index contributed by atoms with van der Waals surface area (Å²) in [4.78, 5) is 25.7. The highest BCUT2D eigenvalue weighted by atomic mass is 35.5. The van der Waals surface area contributed by atoms with Gasteiger partial charge in [0, 0.05) is 24.2 Å². The lowest BCUT2D eigenvalue weighted by Crippen LogP contribution is -2.31. The average Bonchev–Trinajstić information content (AvgIpc) is 2.96. The lowest BCUT2D eigenvalue weighted by Gasteiger charge is -2.16. The summed E-state index contributed by atoms with van der Waals surface area (Å²) in [6.07, 6.45) is 1.87. The third-order valence-corrected chi connectivity index (χ3v) is 3.93. The number of benzene rings is 1. The van der Waals surface area contributed by atoms with Crippen LogP contribution in [0.5, 0.6) is 5.75 Å². The number of rotatable bonds is 4. The number of carbonyl (C=O) groups excluding carboxylic acids is 2. The molecule has 0 aromatic heterocycles. The van der Waals surface area contributed by atoms with E-state index in [0.717, 1.165) is 31.5 Å². The minimum absolute atomic E-state index is 0.130. The van der Waals surface area contributed by atoms with Crippen molar-refractivity contribution in [3.8, 4) is 5.75 Å². The van der Waals surface area contributed by atoms with Gasteiger partial charge < -0.3 is 15.0 Å². The Kier molecular flexibility index (Phi) is 5.07. The van der Waals surface area contributed by atoms with E-state index in [-0.39, 0.29) is 18.2 Å². The molecule has 5 nitrogen and oxygen atoms in total. The van der Waals surface area contributed by atoms with Crippen LogP contribution in [0.2, 0.25) is 5.02 Å². The predicted octanol–water partition coefficient (Wildman–Crippen LogP) is 2.61. The number of aryl methyl sites for hydroxylation is 1. The van der Waals surface area contributed by atoms with E-state index in [1.165, 1.54) is 7.11 Å². The van der Waals surface area contributed by atoms with Crippen LogP contribution in [0, 0.1) is 6.92 Å². The van der Waals surface area contributed by atoms with Crippen LogP contribution in [-0.4, -0.2) is 36.9 Å². The summed E-state index contributed by atoms with van der Waals surface area (Å²) < 4.78 is 5.19. The molecule has 114 valence electrons. The molecule has 0 bridgehead atoms. The Balaban J connectivity index is 2.02. The highest BCUT2D eigenvalue weighted by Gasteiger charge is 2.21. The van der Waals surface area contributed by atoms with Gasteiger partial charge in [-0.05, 0) is 31.4 Å². The van der Waals surface area contributed by atoms with Gasteiger partial charge in [-0.15, -0.1) is 0 Å². The van der Waals surface area contributed by atoms with E-state index in [1.54, 1.807) is 17.0 Å². The van der Waals surface area contributed by atoms with Crippen LogP contribution in [0.15, 0.2) is 12.1 Å². The fraction of sp³-hybridized carbons (Fsp3) is 0.467. The van der Waals surface area contributed by atoms with E-state index in [2.05, 4.69) is 5.32 Å². The van der Waals surface area contributed by atoms with E-state index in [4.69, 9.17) is 16.3 Å². The topological polar surface area (TPSA) is 58.6 Å². The Bertz CT molecular complexity index is 554. The van der Waals surface area contributed by atoms with Gasteiger partial charge in [-0.1, -0.05) is 11.6 Å². The van der Waals surface area contributed by atoms with Crippen LogP contribution in [-0.2, 0) is 9.59 Å². The van der Waals surface area contributed by atoms with Gasteiger partial charge >= 0.3 is 0 Å². The largest absolute Gasteiger partial charge is 0.495 e. The van der Waals surface area contributed by atoms with Gasteiger partial charge in [0.2, 0.25) is 11.8 Å². The molecular formula is C15H19ClN2O3. The second-order valence-electron chi connectivity index (χ2n) is 5.11. The Morgan fingerprint density at radius 1 is 1.33 bits per heavy atom. The van der Waals surface area contributed by atoms with Crippen molar-refractivity contribution in [2.45, 2.75) is 26.2 Å². The normalized spacial score (nSPS) is 14.1. The first kappa shape index (κ1) is 15.6. The van der Waals surface area contributed by atoms with Crippen molar-refractivity contribution in [2.75, 3.05) is 25.5 Å². The Hall–Kier alpha value is -1.75. The lowest BCUT2D eigenvalue weighted by atomic mass is 10.2. The molecule has 0 spiro atoms. The molecule has 6 heteroatoms. The first-order valence-corrected chi connectivity index (χ1v) is 7.31. The molecule has 0 radical (unpaired) electrons. The maximum Gasteiger partial charge on any atom is 0.233 e. The summed E-state index contributed by atoms with van der Waals surface area (Å²) >= 11 is 6.02.